The quantitative estimate of drug-likeness (QED) is 0.441. The summed E-state index contributed by atoms with van der Waals surface area (Å²) < 4.78 is 1.83. The third-order valence-corrected chi connectivity index (χ3v) is 1.18. The van der Waals surface area contributed by atoms with Crippen LogP contribution in [0.25, 0.3) is 6.08 Å². The number of allylic oxidation sites excluding steroid dienone is 1. The molecule has 0 atom stereocenters. The Morgan fingerprint density at radius 2 is 2.50 bits per heavy atom. The van der Waals surface area contributed by atoms with Gasteiger partial charge in [0.15, 0.2) is 0 Å². The normalized spacial score (nSPS) is 10.5. The molecule has 0 spiro atoms. The summed E-state index contributed by atoms with van der Waals surface area (Å²) in [6, 6.07) is 0. The van der Waals surface area contributed by atoms with Gasteiger partial charge in [0.1, 0.15) is 12.1 Å². The average molecular weight is 136 g/mol. The summed E-state index contributed by atoms with van der Waals surface area (Å²) in [7, 11) is 1.87. The zero-order valence-corrected chi connectivity index (χ0v) is 5.69. The van der Waals surface area contributed by atoms with E-state index in [1.54, 1.807) is 12.3 Å². The summed E-state index contributed by atoms with van der Waals surface area (Å²) >= 11 is 0. The summed E-state index contributed by atoms with van der Waals surface area (Å²) in [4.78, 5) is 13.9. The van der Waals surface area contributed by atoms with E-state index in [1.807, 2.05) is 17.8 Å². The highest BCUT2D eigenvalue weighted by molar-refractivity contribution is 5.72. The molecule has 0 aliphatic heterocycles. The Hall–Kier alpha value is -1.38. The number of aldehydes is 1. The van der Waals surface area contributed by atoms with Gasteiger partial charge in [-0.25, -0.2) is 4.98 Å². The van der Waals surface area contributed by atoms with E-state index >= 15 is 0 Å². The van der Waals surface area contributed by atoms with Gasteiger partial charge in [0, 0.05) is 19.4 Å². The lowest BCUT2D eigenvalue weighted by molar-refractivity contribution is -0.104. The van der Waals surface area contributed by atoms with Crippen LogP contribution >= 0.6 is 0 Å². The molecular weight excluding hydrogens is 128 g/mol. The van der Waals surface area contributed by atoms with Crippen molar-refractivity contribution in [1.82, 2.24) is 9.55 Å². The van der Waals surface area contributed by atoms with Crippen LogP contribution in [0.3, 0.4) is 0 Å². The maximum Gasteiger partial charge on any atom is 0.142 e. The second kappa shape index (κ2) is 2.96. The molecule has 0 saturated carbocycles. The van der Waals surface area contributed by atoms with Crippen molar-refractivity contribution in [2.24, 2.45) is 7.05 Å². The fourth-order valence-electron chi connectivity index (χ4n) is 0.663. The van der Waals surface area contributed by atoms with Crippen LogP contribution in [0.2, 0.25) is 0 Å². The minimum Gasteiger partial charge on any atom is -0.335 e. The van der Waals surface area contributed by atoms with Gasteiger partial charge in [-0.2, -0.15) is 0 Å². The Bertz CT molecular complexity index is 250. The molecule has 1 aromatic rings. The standard InChI is InChI=1S/C7H8N2O/c1-9-5-4-8-7(9)3-2-6-10/h2-6H,1H3. The van der Waals surface area contributed by atoms with Crippen molar-refractivity contribution < 1.29 is 4.79 Å². The van der Waals surface area contributed by atoms with Gasteiger partial charge in [-0.1, -0.05) is 0 Å². The van der Waals surface area contributed by atoms with Gasteiger partial charge in [0.2, 0.25) is 0 Å². The lowest BCUT2D eigenvalue weighted by Gasteiger charge is -1.90. The van der Waals surface area contributed by atoms with E-state index < -0.39 is 0 Å². The van der Waals surface area contributed by atoms with Crippen LogP contribution in [-0.2, 0) is 11.8 Å². The van der Waals surface area contributed by atoms with Crippen molar-refractivity contribution >= 4 is 12.4 Å². The van der Waals surface area contributed by atoms with Crippen molar-refractivity contribution in [3.63, 3.8) is 0 Å². The molecule has 0 amide bonds. The van der Waals surface area contributed by atoms with Gasteiger partial charge in [-0.15, -0.1) is 0 Å². The van der Waals surface area contributed by atoms with Gasteiger partial charge < -0.3 is 4.57 Å². The highest BCUT2D eigenvalue weighted by Gasteiger charge is 1.89. The van der Waals surface area contributed by atoms with E-state index in [9.17, 15) is 4.79 Å². The van der Waals surface area contributed by atoms with Crippen molar-refractivity contribution in [3.8, 4) is 0 Å². The smallest absolute Gasteiger partial charge is 0.142 e. The number of rotatable bonds is 2. The van der Waals surface area contributed by atoms with E-state index in [0.717, 1.165) is 12.1 Å². The predicted octanol–water partition coefficient (Wildman–Crippen LogP) is 0.632. The third kappa shape index (κ3) is 1.31. The molecule has 1 rings (SSSR count). The van der Waals surface area contributed by atoms with Crippen LogP contribution in [-0.4, -0.2) is 15.8 Å². The Kier molecular flexibility index (Phi) is 1.99. The molecule has 0 unspecified atom stereocenters. The molecule has 1 heterocycles. The first-order valence-electron chi connectivity index (χ1n) is 2.94. The van der Waals surface area contributed by atoms with Gasteiger partial charge >= 0.3 is 0 Å². The summed E-state index contributed by atoms with van der Waals surface area (Å²) in [5.74, 6) is 0.784. The number of hydrogen-bond acceptors (Lipinski definition) is 2. The van der Waals surface area contributed by atoms with Crippen LogP contribution in [0.1, 0.15) is 5.82 Å². The summed E-state index contributed by atoms with van der Waals surface area (Å²) in [6.07, 6.45) is 7.32. The summed E-state index contributed by atoms with van der Waals surface area (Å²) in [5, 5.41) is 0. The second-order valence-electron chi connectivity index (χ2n) is 1.89. The molecule has 0 bridgehead atoms. The first kappa shape index (κ1) is 6.74. The molecule has 1 aromatic heterocycles. The molecule has 0 fully saturated rings. The van der Waals surface area contributed by atoms with Crippen LogP contribution in [0, 0.1) is 0 Å². The van der Waals surface area contributed by atoms with Gasteiger partial charge in [0.05, 0.1) is 0 Å². The fourth-order valence-corrected chi connectivity index (χ4v) is 0.663. The number of nitrogens with zero attached hydrogens (tertiary/aromatic N) is 2. The fraction of sp³-hybridized carbons (Fsp3) is 0.143. The van der Waals surface area contributed by atoms with E-state index in [-0.39, 0.29) is 0 Å². The number of aromatic nitrogens is 2. The number of carbonyl (C=O) groups excluding carboxylic acids is 1. The molecule has 0 saturated heterocycles. The Morgan fingerprint density at radius 3 is 3.00 bits per heavy atom. The molecule has 0 aromatic carbocycles. The topological polar surface area (TPSA) is 34.9 Å². The molecule has 10 heavy (non-hydrogen) atoms. The van der Waals surface area contributed by atoms with Crippen LogP contribution in [0.5, 0.6) is 0 Å². The first-order valence-corrected chi connectivity index (χ1v) is 2.94. The van der Waals surface area contributed by atoms with Gasteiger partial charge in [-0.05, 0) is 12.2 Å². The number of aryl methyl sites for hydroxylation is 1. The average Bonchev–Trinajstić information content (AvgIpc) is 2.31. The summed E-state index contributed by atoms with van der Waals surface area (Å²) in [5.41, 5.74) is 0. The van der Waals surface area contributed by atoms with Crippen LogP contribution in [0.4, 0.5) is 0 Å². The number of hydrogen-bond donors (Lipinski definition) is 0. The van der Waals surface area contributed by atoms with E-state index in [0.29, 0.717) is 0 Å². The third-order valence-electron chi connectivity index (χ3n) is 1.18. The van der Waals surface area contributed by atoms with Crippen molar-refractivity contribution in [3.05, 3.63) is 24.3 Å². The Morgan fingerprint density at radius 1 is 1.70 bits per heavy atom. The monoisotopic (exact) mass is 136 g/mol. The Labute approximate surface area is 59.0 Å². The SMILES string of the molecule is Cn1ccnc1C=CC=O. The molecule has 3 heteroatoms. The van der Waals surface area contributed by atoms with Gasteiger partial charge in [0.25, 0.3) is 0 Å². The second-order valence-corrected chi connectivity index (χ2v) is 1.89. The van der Waals surface area contributed by atoms with Crippen molar-refractivity contribution in [2.45, 2.75) is 0 Å². The molecule has 0 N–H and O–H groups in total. The van der Waals surface area contributed by atoms with Gasteiger partial charge in [-0.3, -0.25) is 4.79 Å². The zero-order valence-electron chi connectivity index (χ0n) is 5.69. The largest absolute Gasteiger partial charge is 0.335 e. The predicted molar refractivity (Wildman–Crippen MR) is 38.3 cm³/mol. The van der Waals surface area contributed by atoms with Crippen molar-refractivity contribution in [1.29, 1.82) is 0 Å². The molecule has 52 valence electrons. The minimum atomic E-state index is 0.731. The summed E-state index contributed by atoms with van der Waals surface area (Å²) in [6.45, 7) is 0. The zero-order chi connectivity index (χ0) is 7.40. The maximum atomic E-state index is 9.89. The number of imidazole rings is 1. The molecule has 0 aliphatic carbocycles. The van der Waals surface area contributed by atoms with Crippen LogP contribution < -0.4 is 0 Å². The first-order chi connectivity index (χ1) is 4.84. The highest BCUT2D eigenvalue weighted by Crippen LogP contribution is 1.94. The Balaban J connectivity index is 2.83. The van der Waals surface area contributed by atoms with E-state index in [2.05, 4.69) is 4.98 Å². The molecule has 3 nitrogen and oxygen atoms in total. The van der Waals surface area contributed by atoms with E-state index in [4.69, 9.17) is 0 Å². The molecule has 0 radical (unpaired) electrons. The number of carbonyl (C=O) groups is 1. The maximum absolute atomic E-state index is 9.89. The van der Waals surface area contributed by atoms with E-state index in [1.165, 1.54) is 6.08 Å². The molecular formula is C7H8N2O. The highest BCUT2D eigenvalue weighted by atomic mass is 16.1. The minimum absolute atomic E-state index is 0.731. The molecule has 0 aliphatic rings. The lowest BCUT2D eigenvalue weighted by Crippen LogP contribution is -1.88. The lowest BCUT2D eigenvalue weighted by atomic mass is 10.5. The van der Waals surface area contributed by atoms with Crippen LogP contribution in [0.15, 0.2) is 18.5 Å². The van der Waals surface area contributed by atoms with Crippen molar-refractivity contribution in [2.75, 3.05) is 0 Å².